The van der Waals surface area contributed by atoms with Crippen LogP contribution in [0.3, 0.4) is 0 Å². The van der Waals surface area contributed by atoms with Gasteiger partial charge in [-0.3, -0.25) is 4.79 Å². The van der Waals surface area contributed by atoms with Gasteiger partial charge < -0.3 is 14.6 Å². The number of rotatable bonds is 5. The molecular formula is C20H29N3O2. The van der Waals surface area contributed by atoms with Crippen LogP contribution in [-0.4, -0.2) is 45.2 Å². The molecule has 2 heterocycles. The van der Waals surface area contributed by atoms with Crippen molar-refractivity contribution in [2.75, 3.05) is 19.7 Å². The molecule has 1 aliphatic rings. The summed E-state index contributed by atoms with van der Waals surface area (Å²) in [6.07, 6.45) is 6.00. The first-order valence-electron chi connectivity index (χ1n) is 9.45. The summed E-state index contributed by atoms with van der Waals surface area (Å²) in [5.74, 6) is 1.09. The molecule has 1 fully saturated rings. The lowest BCUT2D eigenvalue weighted by Crippen LogP contribution is -2.34. The predicted molar refractivity (Wildman–Crippen MR) is 99.7 cm³/mol. The standard InChI is InChI=1S/C20H29N3O2/c1-15-12-17-18(13-16(15)2)23(19(21-17)8-7-11-24)14-20(25)22-9-5-3-4-6-10-22/h12-13,24H,3-11,14H2,1-2H3. The average molecular weight is 343 g/mol. The first-order chi connectivity index (χ1) is 12.1. The second-order valence-electron chi connectivity index (χ2n) is 7.16. The molecule has 0 radical (unpaired) electrons. The third kappa shape index (κ3) is 4.03. The molecule has 5 heteroatoms. The van der Waals surface area contributed by atoms with E-state index in [0.29, 0.717) is 19.4 Å². The van der Waals surface area contributed by atoms with Crippen LogP contribution in [0.1, 0.15) is 49.1 Å². The quantitative estimate of drug-likeness (QED) is 0.908. The SMILES string of the molecule is Cc1cc2nc(CCCO)n(CC(=O)N3CCCCCC3)c2cc1C. The number of amides is 1. The van der Waals surface area contributed by atoms with Gasteiger partial charge in [0.25, 0.3) is 0 Å². The van der Waals surface area contributed by atoms with Crippen LogP contribution < -0.4 is 0 Å². The van der Waals surface area contributed by atoms with Crippen molar-refractivity contribution in [2.24, 2.45) is 0 Å². The number of carbonyl (C=O) groups excluding carboxylic acids is 1. The molecule has 2 aromatic rings. The van der Waals surface area contributed by atoms with Crippen LogP contribution in [0.2, 0.25) is 0 Å². The smallest absolute Gasteiger partial charge is 0.242 e. The molecule has 1 N–H and O–H groups in total. The summed E-state index contributed by atoms with van der Waals surface area (Å²) in [6, 6.07) is 4.23. The Morgan fingerprint density at radius 2 is 1.80 bits per heavy atom. The topological polar surface area (TPSA) is 58.4 Å². The highest BCUT2D eigenvalue weighted by Crippen LogP contribution is 2.22. The summed E-state index contributed by atoms with van der Waals surface area (Å²) in [5.41, 5.74) is 4.40. The van der Waals surface area contributed by atoms with Gasteiger partial charge in [0.05, 0.1) is 11.0 Å². The molecule has 0 aliphatic carbocycles. The fourth-order valence-corrected chi connectivity index (χ4v) is 3.59. The minimum Gasteiger partial charge on any atom is -0.396 e. The van der Waals surface area contributed by atoms with E-state index in [1.807, 2.05) is 4.90 Å². The van der Waals surface area contributed by atoms with Gasteiger partial charge in [-0.05, 0) is 56.4 Å². The Kier molecular flexibility index (Phi) is 5.74. The molecule has 0 spiro atoms. The molecule has 0 atom stereocenters. The molecular weight excluding hydrogens is 314 g/mol. The molecule has 3 rings (SSSR count). The highest BCUT2D eigenvalue weighted by Gasteiger charge is 2.19. The number of imidazole rings is 1. The fraction of sp³-hybridized carbons (Fsp3) is 0.600. The van der Waals surface area contributed by atoms with Gasteiger partial charge in [0, 0.05) is 26.1 Å². The molecule has 25 heavy (non-hydrogen) atoms. The van der Waals surface area contributed by atoms with Crippen LogP contribution in [0.15, 0.2) is 12.1 Å². The number of aryl methyl sites for hydroxylation is 3. The first-order valence-corrected chi connectivity index (χ1v) is 9.45. The molecule has 1 aliphatic heterocycles. The van der Waals surface area contributed by atoms with Crippen molar-refractivity contribution in [3.8, 4) is 0 Å². The monoisotopic (exact) mass is 343 g/mol. The number of likely N-dealkylation sites (tertiary alicyclic amines) is 1. The number of hydrogen-bond acceptors (Lipinski definition) is 3. The minimum atomic E-state index is 0.140. The summed E-state index contributed by atoms with van der Waals surface area (Å²) >= 11 is 0. The van der Waals surface area contributed by atoms with Crippen molar-refractivity contribution in [3.05, 3.63) is 29.1 Å². The molecule has 0 saturated carbocycles. The van der Waals surface area contributed by atoms with Gasteiger partial charge in [0.1, 0.15) is 12.4 Å². The predicted octanol–water partition coefficient (Wildman–Crippen LogP) is 2.98. The van der Waals surface area contributed by atoms with Crippen LogP contribution >= 0.6 is 0 Å². The summed E-state index contributed by atoms with van der Waals surface area (Å²) in [4.78, 5) is 19.6. The van der Waals surface area contributed by atoms with E-state index in [9.17, 15) is 9.90 Å². The van der Waals surface area contributed by atoms with Crippen LogP contribution in [0.4, 0.5) is 0 Å². The minimum absolute atomic E-state index is 0.140. The Bertz CT molecular complexity index is 743. The van der Waals surface area contributed by atoms with Crippen LogP contribution in [0.25, 0.3) is 11.0 Å². The third-order valence-corrected chi connectivity index (χ3v) is 5.25. The molecule has 1 aromatic heterocycles. The Hall–Kier alpha value is -1.88. The van der Waals surface area contributed by atoms with Crippen molar-refractivity contribution in [3.63, 3.8) is 0 Å². The van der Waals surface area contributed by atoms with E-state index in [-0.39, 0.29) is 12.5 Å². The van der Waals surface area contributed by atoms with E-state index in [0.717, 1.165) is 42.8 Å². The normalized spacial score (nSPS) is 15.6. The lowest BCUT2D eigenvalue weighted by molar-refractivity contribution is -0.131. The average Bonchev–Trinajstić information content (AvgIpc) is 2.79. The fourth-order valence-electron chi connectivity index (χ4n) is 3.59. The van der Waals surface area contributed by atoms with Gasteiger partial charge in [-0.2, -0.15) is 0 Å². The maximum atomic E-state index is 12.9. The lowest BCUT2D eigenvalue weighted by atomic mass is 10.1. The Morgan fingerprint density at radius 1 is 1.12 bits per heavy atom. The molecule has 1 aromatic carbocycles. The zero-order valence-electron chi connectivity index (χ0n) is 15.4. The van der Waals surface area contributed by atoms with Crippen LogP contribution in [-0.2, 0) is 17.8 Å². The Balaban J connectivity index is 1.91. The van der Waals surface area contributed by atoms with Crippen LogP contribution in [0, 0.1) is 13.8 Å². The number of benzene rings is 1. The van der Waals surface area contributed by atoms with Gasteiger partial charge in [-0.1, -0.05) is 12.8 Å². The number of aromatic nitrogens is 2. The third-order valence-electron chi connectivity index (χ3n) is 5.25. The van der Waals surface area contributed by atoms with Gasteiger partial charge >= 0.3 is 0 Å². The molecule has 136 valence electrons. The van der Waals surface area contributed by atoms with Crippen molar-refractivity contribution in [2.45, 2.75) is 58.9 Å². The number of carbonyl (C=O) groups is 1. The molecule has 0 bridgehead atoms. The van der Waals surface area contributed by atoms with Gasteiger partial charge in [-0.25, -0.2) is 4.98 Å². The second-order valence-corrected chi connectivity index (χ2v) is 7.16. The second kappa shape index (κ2) is 8.00. The zero-order chi connectivity index (χ0) is 17.8. The molecule has 5 nitrogen and oxygen atoms in total. The van der Waals surface area contributed by atoms with E-state index in [1.54, 1.807) is 0 Å². The number of nitrogens with zero attached hydrogens (tertiary/aromatic N) is 3. The van der Waals surface area contributed by atoms with E-state index in [1.165, 1.54) is 24.0 Å². The highest BCUT2D eigenvalue weighted by molar-refractivity contribution is 5.82. The number of aliphatic hydroxyl groups excluding tert-OH is 1. The van der Waals surface area contributed by atoms with E-state index < -0.39 is 0 Å². The van der Waals surface area contributed by atoms with Gasteiger partial charge in [0.2, 0.25) is 5.91 Å². The van der Waals surface area contributed by atoms with Crippen LogP contribution in [0.5, 0.6) is 0 Å². The van der Waals surface area contributed by atoms with E-state index in [4.69, 9.17) is 4.98 Å². The summed E-state index contributed by atoms with van der Waals surface area (Å²) in [6.45, 7) is 6.41. The van der Waals surface area contributed by atoms with E-state index >= 15 is 0 Å². The Labute approximate surface area is 149 Å². The summed E-state index contributed by atoms with van der Waals surface area (Å²) < 4.78 is 2.06. The summed E-state index contributed by atoms with van der Waals surface area (Å²) in [5, 5.41) is 9.19. The lowest BCUT2D eigenvalue weighted by Gasteiger charge is -2.21. The maximum Gasteiger partial charge on any atom is 0.242 e. The summed E-state index contributed by atoms with van der Waals surface area (Å²) in [7, 11) is 0. The van der Waals surface area contributed by atoms with Gasteiger partial charge in [-0.15, -0.1) is 0 Å². The molecule has 0 unspecified atom stereocenters. The maximum absolute atomic E-state index is 12.9. The number of aliphatic hydroxyl groups is 1. The molecule has 1 amide bonds. The van der Waals surface area contributed by atoms with E-state index in [2.05, 4.69) is 30.5 Å². The number of hydrogen-bond donors (Lipinski definition) is 1. The largest absolute Gasteiger partial charge is 0.396 e. The number of fused-ring (bicyclic) bond motifs is 1. The van der Waals surface area contributed by atoms with Crippen molar-refractivity contribution in [1.82, 2.24) is 14.5 Å². The highest BCUT2D eigenvalue weighted by atomic mass is 16.3. The first kappa shape index (κ1) is 17.9. The zero-order valence-corrected chi connectivity index (χ0v) is 15.4. The van der Waals surface area contributed by atoms with Crippen molar-refractivity contribution in [1.29, 1.82) is 0 Å². The van der Waals surface area contributed by atoms with Crippen molar-refractivity contribution < 1.29 is 9.90 Å². The molecule has 1 saturated heterocycles. The van der Waals surface area contributed by atoms with Gasteiger partial charge in [0.15, 0.2) is 0 Å². The van der Waals surface area contributed by atoms with Crippen molar-refractivity contribution >= 4 is 16.9 Å². The Morgan fingerprint density at radius 3 is 2.48 bits per heavy atom.